The SMILES string of the molecule is CC1CN(C2CCC2CN)CCO1. The maximum Gasteiger partial charge on any atom is 0.0674 e. The van der Waals surface area contributed by atoms with Crippen LogP contribution in [0.15, 0.2) is 0 Å². The Morgan fingerprint density at radius 2 is 2.31 bits per heavy atom. The molecule has 3 heteroatoms. The summed E-state index contributed by atoms with van der Waals surface area (Å²) in [7, 11) is 0. The van der Waals surface area contributed by atoms with E-state index in [2.05, 4.69) is 11.8 Å². The summed E-state index contributed by atoms with van der Waals surface area (Å²) in [5.41, 5.74) is 5.71. The van der Waals surface area contributed by atoms with Crippen LogP contribution < -0.4 is 5.73 Å². The molecule has 1 aliphatic heterocycles. The van der Waals surface area contributed by atoms with E-state index in [1.54, 1.807) is 0 Å². The molecule has 2 fully saturated rings. The van der Waals surface area contributed by atoms with Crippen molar-refractivity contribution in [3.05, 3.63) is 0 Å². The number of ether oxygens (including phenoxy) is 1. The molecule has 2 rings (SSSR count). The number of hydrogen-bond acceptors (Lipinski definition) is 3. The third-order valence-corrected chi connectivity index (χ3v) is 3.42. The van der Waals surface area contributed by atoms with Crippen LogP contribution >= 0.6 is 0 Å². The summed E-state index contributed by atoms with van der Waals surface area (Å²) in [4.78, 5) is 2.56. The highest BCUT2D eigenvalue weighted by atomic mass is 16.5. The third-order valence-electron chi connectivity index (χ3n) is 3.42. The highest BCUT2D eigenvalue weighted by Crippen LogP contribution is 2.32. The number of rotatable bonds is 2. The molecule has 3 unspecified atom stereocenters. The zero-order valence-electron chi connectivity index (χ0n) is 8.41. The number of nitrogens with zero attached hydrogens (tertiary/aromatic N) is 1. The molecule has 1 saturated carbocycles. The summed E-state index contributed by atoms with van der Waals surface area (Å²) in [5.74, 6) is 0.755. The Bertz CT molecular complexity index is 172. The van der Waals surface area contributed by atoms with Crippen molar-refractivity contribution in [2.24, 2.45) is 11.7 Å². The lowest BCUT2D eigenvalue weighted by Crippen LogP contribution is -2.55. The molecule has 0 aromatic heterocycles. The van der Waals surface area contributed by atoms with Crippen LogP contribution in [0.4, 0.5) is 0 Å². The van der Waals surface area contributed by atoms with Crippen LogP contribution in [-0.4, -0.2) is 43.3 Å². The molecule has 2 aliphatic rings. The molecule has 0 bridgehead atoms. The zero-order valence-corrected chi connectivity index (χ0v) is 8.41. The van der Waals surface area contributed by atoms with E-state index < -0.39 is 0 Å². The quantitative estimate of drug-likeness (QED) is 0.677. The van der Waals surface area contributed by atoms with E-state index in [0.717, 1.165) is 38.2 Å². The molecule has 3 atom stereocenters. The minimum atomic E-state index is 0.410. The number of nitrogens with two attached hydrogens (primary N) is 1. The smallest absolute Gasteiger partial charge is 0.0674 e. The Kier molecular flexibility index (Phi) is 2.86. The van der Waals surface area contributed by atoms with E-state index in [9.17, 15) is 0 Å². The first-order chi connectivity index (χ1) is 6.31. The molecule has 13 heavy (non-hydrogen) atoms. The molecule has 0 spiro atoms. The van der Waals surface area contributed by atoms with Crippen LogP contribution in [0.2, 0.25) is 0 Å². The van der Waals surface area contributed by atoms with Crippen LogP contribution in [-0.2, 0) is 4.74 Å². The largest absolute Gasteiger partial charge is 0.376 e. The number of morpholine rings is 1. The molecule has 0 aromatic rings. The summed E-state index contributed by atoms with van der Waals surface area (Å²) < 4.78 is 5.52. The van der Waals surface area contributed by atoms with Gasteiger partial charge in [-0.15, -0.1) is 0 Å². The predicted molar refractivity (Wildman–Crippen MR) is 52.6 cm³/mol. The average Bonchev–Trinajstić information content (AvgIpc) is 2.03. The molecule has 0 aromatic carbocycles. The summed E-state index contributed by atoms with van der Waals surface area (Å²) >= 11 is 0. The highest BCUT2D eigenvalue weighted by Gasteiger charge is 2.35. The van der Waals surface area contributed by atoms with Crippen LogP contribution in [0.3, 0.4) is 0 Å². The van der Waals surface area contributed by atoms with E-state index in [1.165, 1.54) is 12.8 Å². The number of hydrogen-bond donors (Lipinski definition) is 1. The minimum absolute atomic E-state index is 0.410. The monoisotopic (exact) mass is 184 g/mol. The van der Waals surface area contributed by atoms with Crippen molar-refractivity contribution < 1.29 is 4.74 Å². The van der Waals surface area contributed by atoms with Crippen molar-refractivity contribution in [2.45, 2.75) is 31.9 Å². The second kappa shape index (κ2) is 3.95. The molecular weight excluding hydrogens is 164 g/mol. The predicted octanol–water partition coefficient (Wildman–Crippen LogP) is 0.444. The van der Waals surface area contributed by atoms with Gasteiger partial charge in [0.05, 0.1) is 12.7 Å². The topological polar surface area (TPSA) is 38.5 Å². The average molecular weight is 184 g/mol. The van der Waals surface area contributed by atoms with Gasteiger partial charge in [-0.3, -0.25) is 4.90 Å². The second-order valence-electron chi connectivity index (χ2n) is 4.32. The zero-order chi connectivity index (χ0) is 9.26. The van der Waals surface area contributed by atoms with Crippen LogP contribution in [0.25, 0.3) is 0 Å². The van der Waals surface area contributed by atoms with E-state index >= 15 is 0 Å². The van der Waals surface area contributed by atoms with Crippen molar-refractivity contribution in [3.8, 4) is 0 Å². The Hall–Kier alpha value is -0.120. The molecule has 2 N–H and O–H groups in total. The van der Waals surface area contributed by atoms with Crippen LogP contribution in [0, 0.1) is 5.92 Å². The van der Waals surface area contributed by atoms with E-state index in [0.29, 0.717) is 6.10 Å². The highest BCUT2D eigenvalue weighted by molar-refractivity contribution is 4.90. The van der Waals surface area contributed by atoms with Crippen LogP contribution in [0.5, 0.6) is 0 Å². The van der Waals surface area contributed by atoms with Gasteiger partial charge in [-0.1, -0.05) is 0 Å². The Balaban J connectivity index is 1.85. The molecule has 0 radical (unpaired) electrons. The van der Waals surface area contributed by atoms with Gasteiger partial charge < -0.3 is 10.5 Å². The summed E-state index contributed by atoms with van der Waals surface area (Å²) in [6.45, 7) is 6.11. The summed E-state index contributed by atoms with van der Waals surface area (Å²) in [6, 6.07) is 0.761. The second-order valence-corrected chi connectivity index (χ2v) is 4.32. The molecule has 0 amide bonds. The fraction of sp³-hybridized carbons (Fsp3) is 1.00. The van der Waals surface area contributed by atoms with Gasteiger partial charge >= 0.3 is 0 Å². The molecule has 1 saturated heterocycles. The fourth-order valence-corrected chi connectivity index (χ4v) is 2.45. The molecule has 1 heterocycles. The normalized spacial score (nSPS) is 41.5. The lowest BCUT2D eigenvalue weighted by Gasteiger charge is -2.46. The van der Waals surface area contributed by atoms with Crippen molar-refractivity contribution >= 4 is 0 Å². The van der Waals surface area contributed by atoms with Gasteiger partial charge in [-0.05, 0) is 32.2 Å². The van der Waals surface area contributed by atoms with Gasteiger partial charge in [-0.25, -0.2) is 0 Å². The third kappa shape index (κ3) is 1.87. The van der Waals surface area contributed by atoms with E-state index in [-0.39, 0.29) is 0 Å². The maximum atomic E-state index is 5.71. The minimum Gasteiger partial charge on any atom is -0.376 e. The van der Waals surface area contributed by atoms with Crippen molar-refractivity contribution in [1.29, 1.82) is 0 Å². The van der Waals surface area contributed by atoms with Crippen LogP contribution in [0.1, 0.15) is 19.8 Å². The summed E-state index contributed by atoms with van der Waals surface area (Å²) in [5, 5.41) is 0. The van der Waals surface area contributed by atoms with Crippen molar-refractivity contribution in [3.63, 3.8) is 0 Å². The fourth-order valence-electron chi connectivity index (χ4n) is 2.45. The Morgan fingerprint density at radius 3 is 2.85 bits per heavy atom. The lowest BCUT2D eigenvalue weighted by molar-refractivity contribution is -0.0612. The lowest BCUT2D eigenvalue weighted by atomic mass is 9.78. The maximum absolute atomic E-state index is 5.71. The van der Waals surface area contributed by atoms with Gasteiger partial charge in [0.25, 0.3) is 0 Å². The first-order valence-corrected chi connectivity index (χ1v) is 5.37. The van der Waals surface area contributed by atoms with Gasteiger partial charge in [0.2, 0.25) is 0 Å². The first-order valence-electron chi connectivity index (χ1n) is 5.37. The molecule has 1 aliphatic carbocycles. The molecule has 76 valence electrons. The van der Waals surface area contributed by atoms with Gasteiger partial charge in [0.15, 0.2) is 0 Å². The first kappa shape index (κ1) is 9.44. The Labute approximate surface area is 80.2 Å². The van der Waals surface area contributed by atoms with E-state index in [4.69, 9.17) is 10.5 Å². The Morgan fingerprint density at radius 1 is 1.46 bits per heavy atom. The van der Waals surface area contributed by atoms with Gasteiger partial charge in [-0.2, -0.15) is 0 Å². The molecule has 3 nitrogen and oxygen atoms in total. The van der Waals surface area contributed by atoms with E-state index in [1.807, 2.05) is 0 Å². The summed E-state index contributed by atoms with van der Waals surface area (Å²) in [6.07, 6.45) is 3.08. The van der Waals surface area contributed by atoms with Gasteiger partial charge in [0, 0.05) is 19.1 Å². The van der Waals surface area contributed by atoms with Crippen molar-refractivity contribution in [1.82, 2.24) is 4.90 Å². The standard InChI is InChI=1S/C10H20N2O/c1-8-7-12(4-5-13-8)10-3-2-9(10)6-11/h8-10H,2-7,11H2,1H3. The molecular formula is C10H20N2O. The van der Waals surface area contributed by atoms with Crippen molar-refractivity contribution in [2.75, 3.05) is 26.2 Å². The van der Waals surface area contributed by atoms with Gasteiger partial charge in [0.1, 0.15) is 0 Å².